The van der Waals surface area contributed by atoms with E-state index in [1.165, 1.54) is 0 Å². The lowest BCUT2D eigenvalue weighted by Gasteiger charge is -1.86. The first-order chi connectivity index (χ1) is 6.58. The molecular formula is C6H10N8. The number of nitrogen functional groups attached to an aromatic ring is 4. The van der Waals surface area contributed by atoms with Crippen molar-refractivity contribution < 1.29 is 0 Å². The van der Waals surface area contributed by atoms with Crippen LogP contribution in [0.4, 0.5) is 23.3 Å². The van der Waals surface area contributed by atoms with E-state index < -0.39 is 0 Å². The number of anilines is 4. The summed E-state index contributed by atoms with van der Waals surface area (Å²) >= 11 is 0. The number of imidazole rings is 2. The fraction of sp³-hybridized carbons (Fsp3) is 0. The summed E-state index contributed by atoms with van der Waals surface area (Å²) in [5.41, 5.74) is 21.9. The van der Waals surface area contributed by atoms with Gasteiger partial charge in [-0.3, -0.25) is 0 Å². The first kappa shape index (κ1) is 8.23. The topological polar surface area (TPSA) is 161 Å². The maximum atomic E-state index is 5.48. The largest absolute Gasteiger partial charge is 0.382 e. The third kappa shape index (κ3) is 1.09. The van der Waals surface area contributed by atoms with Gasteiger partial charge in [-0.15, -0.1) is 0 Å². The van der Waals surface area contributed by atoms with Gasteiger partial charge >= 0.3 is 0 Å². The van der Waals surface area contributed by atoms with Crippen molar-refractivity contribution in [2.24, 2.45) is 0 Å². The Balaban J connectivity index is 2.49. The molecule has 2 aromatic heterocycles. The van der Waals surface area contributed by atoms with Crippen molar-refractivity contribution in [1.82, 2.24) is 19.9 Å². The van der Waals surface area contributed by atoms with Gasteiger partial charge in [0.05, 0.1) is 0 Å². The molecule has 0 amide bonds. The Bertz CT molecular complexity index is 383. The third-order valence-electron chi connectivity index (χ3n) is 1.75. The van der Waals surface area contributed by atoms with Gasteiger partial charge in [0.15, 0.2) is 23.3 Å². The molecular weight excluding hydrogens is 184 g/mol. The predicted octanol–water partition coefficient (Wildman–Crippen LogP) is -0.871. The molecule has 0 radical (unpaired) electrons. The van der Waals surface area contributed by atoms with Crippen LogP contribution in [-0.4, -0.2) is 19.9 Å². The maximum Gasteiger partial charge on any atom is 0.177 e. The molecule has 0 aliphatic heterocycles. The van der Waals surface area contributed by atoms with Crippen LogP contribution in [0.1, 0.15) is 0 Å². The van der Waals surface area contributed by atoms with Gasteiger partial charge in [0, 0.05) is 0 Å². The van der Waals surface area contributed by atoms with Gasteiger partial charge in [-0.05, 0) is 0 Å². The molecule has 0 saturated heterocycles. The van der Waals surface area contributed by atoms with Gasteiger partial charge in [-0.1, -0.05) is 0 Å². The predicted molar refractivity (Wildman–Crippen MR) is 53.8 cm³/mol. The van der Waals surface area contributed by atoms with Crippen LogP contribution in [0.5, 0.6) is 0 Å². The van der Waals surface area contributed by atoms with Crippen LogP contribution in [0.2, 0.25) is 0 Å². The summed E-state index contributed by atoms with van der Waals surface area (Å²) in [5.74, 6) is 1.82. The van der Waals surface area contributed by atoms with Gasteiger partial charge in [0.1, 0.15) is 11.6 Å². The molecule has 2 rings (SSSR count). The molecule has 74 valence electrons. The lowest BCUT2D eigenvalue weighted by molar-refractivity contribution is 1.20. The number of hydrogen-bond donors (Lipinski definition) is 6. The average molecular weight is 194 g/mol. The summed E-state index contributed by atoms with van der Waals surface area (Å²) in [6.45, 7) is 0. The Kier molecular flexibility index (Phi) is 1.50. The van der Waals surface area contributed by atoms with E-state index in [0.717, 1.165) is 0 Å². The van der Waals surface area contributed by atoms with Crippen LogP contribution in [0.25, 0.3) is 11.6 Å². The highest BCUT2D eigenvalue weighted by molar-refractivity contribution is 5.65. The lowest BCUT2D eigenvalue weighted by Crippen LogP contribution is -1.91. The van der Waals surface area contributed by atoms with Crippen LogP contribution in [-0.2, 0) is 0 Å². The van der Waals surface area contributed by atoms with Gasteiger partial charge in [-0.25, -0.2) is 9.97 Å². The molecule has 0 aliphatic carbocycles. The van der Waals surface area contributed by atoms with Crippen molar-refractivity contribution in [2.45, 2.75) is 0 Å². The minimum Gasteiger partial charge on any atom is -0.382 e. The number of hydrogen-bond acceptors (Lipinski definition) is 6. The van der Waals surface area contributed by atoms with Gasteiger partial charge < -0.3 is 32.9 Å². The molecule has 10 N–H and O–H groups in total. The Morgan fingerprint density at radius 3 is 1.29 bits per heavy atom. The first-order valence-corrected chi connectivity index (χ1v) is 3.80. The molecule has 8 nitrogen and oxygen atoms in total. The summed E-state index contributed by atoms with van der Waals surface area (Å²) in [6.07, 6.45) is 0. The van der Waals surface area contributed by atoms with Gasteiger partial charge in [0.25, 0.3) is 0 Å². The number of nitrogens with two attached hydrogens (primary N) is 4. The van der Waals surface area contributed by atoms with E-state index in [1.807, 2.05) is 0 Å². The molecule has 0 fully saturated rings. The number of H-pyrrole nitrogens is 2. The monoisotopic (exact) mass is 194 g/mol. The van der Waals surface area contributed by atoms with Crippen molar-refractivity contribution in [2.75, 3.05) is 22.9 Å². The van der Waals surface area contributed by atoms with E-state index in [0.29, 0.717) is 11.6 Å². The number of nitrogens with one attached hydrogen (secondary N) is 2. The van der Waals surface area contributed by atoms with Crippen molar-refractivity contribution in [3.8, 4) is 11.6 Å². The minimum absolute atomic E-state index is 0.216. The number of aromatic nitrogens is 4. The Morgan fingerprint density at radius 1 is 0.714 bits per heavy atom. The fourth-order valence-electron chi connectivity index (χ4n) is 1.02. The molecule has 0 spiro atoms. The molecule has 0 atom stereocenters. The lowest BCUT2D eigenvalue weighted by atomic mass is 10.6. The second-order valence-electron chi connectivity index (χ2n) is 2.77. The molecule has 8 heteroatoms. The quantitative estimate of drug-likeness (QED) is 0.345. The van der Waals surface area contributed by atoms with Crippen LogP contribution in [0.15, 0.2) is 0 Å². The van der Waals surface area contributed by atoms with Crippen LogP contribution >= 0.6 is 0 Å². The molecule has 0 aromatic carbocycles. The van der Waals surface area contributed by atoms with Crippen molar-refractivity contribution >= 4 is 23.3 Å². The zero-order chi connectivity index (χ0) is 10.3. The molecule has 14 heavy (non-hydrogen) atoms. The molecule has 2 heterocycles. The van der Waals surface area contributed by atoms with Crippen LogP contribution in [0.3, 0.4) is 0 Å². The van der Waals surface area contributed by atoms with Gasteiger partial charge in [0.2, 0.25) is 0 Å². The molecule has 0 bridgehead atoms. The average Bonchev–Trinajstić information content (AvgIpc) is 2.60. The summed E-state index contributed by atoms with van der Waals surface area (Å²) in [5, 5.41) is 0. The highest BCUT2D eigenvalue weighted by Crippen LogP contribution is 2.21. The van der Waals surface area contributed by atoms with E-state index in [9.17, 15) is 0 Å². The molecule has 2 aromatic rings. The molecule has 0 aliphatic rings. The smallest absolute Gasteiger partial charge is 0.177 e. The standard InChI is InChI=1S/C6H10N8/c7-1-2(8)12-5(11-1)6-13-3(9)4(10)14-6/h7-10H2,(H,11,12)(H,13,14). The number of nitrogens with zero attached hydrogens (tertiary/aromatic N) is 2. The van der Waals surface area contributed by atoms with E-state index in [-0.39, 0.29) is 23.3 Å². The Hall–Kier alpha value is -2.38. The Morgan fingerprint density at radius 2 is 1.07 bits per heavy atom. The number of rotatable bonds is 1. The Labute approximate surface area is 78.7 Å². The second-order valence-corrected chi connectivity index (χ2v) is 2.77. The van der Waals surface area contributed by atoms with Crippen molar-refractivity contribution in [3.05, 3.63) is 0 Å². The van der Waals surface area contributed by atoms with E-state index >= 15 is 0 Å². The second kappa shape index (κ2) is 2.55. The molecule has 0 unspecified atom stereocenters. The van der Waals surface area contributed by atoms with E-state index in [1.54, 1.807) is 0 Å². The highest BCUT2D eigenvalue weighted by atomic mass is 15.1. The van der Waals surface area contributed by atoms with Gasteiger partial charge in [-0.2, -0.15) is 0 Å². The highest BCUT2D eigenvalue weighted by Gasteiger charge is 2.11. The maximum absolute atomic E-state index is 5.48. The molecule has 0 saturated carbocycles. The first-order valence-electron chi connectivity index (χ1n) is 3.80. The van der Waals surface area contributed by atoms with Crippen molar-refractivity contribution in [1.29, 1.82) is 0 Å². The van der Waals surface area contributed by atoms with E-state index in [2.05, 4.69) is 19.9 Å². The summed E-state index contributed by atoms with van der Waals surface area (Å²) in [4.78, 5) is 13.3. The SMILES string of the molecule is Nc1nc(-c2nc(N)c(N)[nH]2)[nH]c1N. The van der Waals surface area contributed by atoms with Crippen molar-refractivity contribution in [3.63, 3.8) is 0 Å². The number of aromatic amines is 2. The normalized spacial score (nSPS) is 10.6. The van der Waals surface area contributed by atoms with E-state index in [4.69, 9.17) is 22.9 Å². The summed E-state index contributed by atoms with van der Waals surface area (Å²) in [7, 11) is 0. The van der Waals surface area contributed by atoms with Crippen LogP contribution < -0.4 is 22.9 Å². The fourth-order valence-corrected chi connectivity index (χ4v) is 1.02. The summed E-state index contributed by atoms with van der Waals surface area (Å²) < 4.78 is 0. The zero-order valence-electron chi connectivity index (χ0n) is 7.20. The zero-order valence-corrected chi connectivity index (χ0v) is 7.20. The summed E-state index contributed by atoms with van der Waals surface area (Å²) in [6, 6.07) is 0. The van der Waals surface area contributed by atoms with Crippen LogP contribution in [0, 0.1) is 0 Å². The minimum atomic E-state index is 0.216. The third-order valence-corrected chi connectivity index (χ3v) is 1.75.